The number of aromatic nitrogens is 3. The highest BCUT2D eigenvalue weighted by Crippen LogP contribution is 2.20. The van der Waals surface area contributed by atoms with E-state index in [9.17, 15) is 4.79 Å². The van der Waals surface area contributed by atoms with Crippen molar-refractivity contribution in [2.75, 3.05) is 19.8 Å². The fourth-order valence-corrected chi connectivity index (χ4v) is 2.97. The van der Waals surface area contributed by atoms with E-state index in [0.29, 0.717) is 33.0 Å². The Hall–Kier alpha value is -3.03. The molecule has 1 N–H and O–H groups in total. The Kier molecular flexibility index (Phi) is 7.49. The van der Waals surface area contributed by atoms with Crippen molar-refractivity contribution in [2.24, 2.45) is 0 Å². The molecule has 0 saturated carbocycles. The van der Waals surface area contributed by atoms with Crippen LogP contribution < -0.4 is 0 Å². The van der Waals surface area contributed by atoms with Gasteiger partial charge in [-0.1, -0.05) is 41.6 Å². The van der Waals surface area contributed by atoms with Gasteiger partial charge in [0.1, 0.15) is 5.52 Å². The van der Waals surface area contributed by atoms with Crippen molar-refractivity contribution in [3.05, 3.63) is 65.2 Å². The maximum Gasteiger partial charge on any atom is 0.328 e. The van der Waals surface area contributed by atoms with Crippen LogP contribution in [-0.2, 0) is 27.4 Å². The van der Waals surface area contributed by atoms with Gasteiger partial charge in [-0.2, -0.15) is 0 Å². The highest BCUT2D eigenvalue weighted by Gasteiger charge is 2.09. The summed E-state index contributed by atoms with van der Waals surface area (Å²) >= 11 is 0. The van der Waals surface area contributed by atoms with Crippen LogP contribution in [0.5, 0.6) is 0 Å². The van der Waals surface area contributed by atoms with Crippen LogP contribution in [0.2, 0.25) is 0 Å². The number of fused-ring (bicyclic) bond motifs is 1. The van der Waals surface area contributed by atoms with Crippen LogP contribution in [0.1, 0.15) is 23.1 Å². The zero-order valence-corrected chi connectivity index (χ0v) is 16.5. The lowest BCUT2D eigenvalue weighted by atomic mass is 10.1. The Bertz CT molecular complexity index is 967. The smallest absolute Gasteiger partial charge is 0.328 e. The van der Waals surface area contributed by atoms with Crippen molar-refractivity contribution in [3.8, 4) is 0 Å². The number of carboxylic acids is 1. The van der Waals surface area contributed by atoms with Gasteiger partial charge in [-0.05, 0) is 42.2 Å². The van der Waals surface area contributed by atoms with Crippen LogP contribution in [-0.4, -0.2) is 45.9 Å². The zero-order valence-electron chi connectivity index (χ0n) is 16.5. The number of benzene rings is 2. The Balaban J connectivity index is 1.40. The molecule has 0 radical (unpaired) electrons. The Morgan fingerprint density at radius 3 is 2.69 bits per heavy atom. The number of nitrogens with zero attached hydrogens (tertiary/aromatic N) is 3. The predicted molar refractivity (Wildman–Crippen MR) is 110 cm³/mol. The first-order valence-electron chi connectivity index (χ1n) is 9.58. The minimum atomic E-state index is -0.976. The fourth-order valence-electron chi connectivity index (χ4n) is 2.97. The second-order valence-electron chi connectivity index (χ2n) is 6.64. The Morgan fingerprint density at radius 1 is 1.10 bits per heavy atom. The van der Waals surface area contributed by atoms with Crippen LogP contribution in [0.15, 0.2) is 48.5 Å². The van der Waals surface area contributed by atoms with Crippen molar-refractivity contribution in [1.82, 2.24) is 15.0 Å². The maximum atomic E-state index is 10.7. The largest absolute Gasteiger partial charge is 0.478 e. The van der Waals surface area contributed by atoms with E-state index in [4.69, 9.17) is 14.6 Å². The molecular weight excluding hydrogens is 370 g/mol. The lowest BCUT2D eigenvalue weighted by Crippen LogP contribution is -2.09. The molecule has 29 heavy (non-hydrogen) atoms. The Morgan fingerprint density at radius 2 is 1.90 bits per heavy atom. The topological polar surface area (TPSA) is 86.5 Å². The summed E-state index contributed by atoms with van der Waals surface area (Å²) in [5.41, 5.74) is 4.57. The van der Waals surface area contributed by atoms with Gasteiger partial charge in [-0.15, -0.1) is 5.10 Å². The van der Waals surface area contributed by atoms with Gasteiger partial charge in [0.2, 0.25) is 0 Å². The Labute approximate surface area is 169 Å². The van der Waals surface area contributed by atoms with Crippen LogP contribution >= 0.6 is 0 Å². The van der Waals surface area contributed by atoms with Crippen LogP contribution in [0.4, 0.5) is 0 Å². The lowest BCUT2D eigenvalue weighted by Gasteiger charge is -2.07. The second-order valence-corrected chi connectivity index (χ2v) is 6.64. The van der Waals surface area contributed by atoms with Crippen molar-refractivity contribution < 1.29 is 19.4 Å². The van der Waals surface area contributed by atoms with E-state index >= 15 is 0 Å². The molecule has 0 fully saturated rings. The second kappa shape index (κ2) is 10.5. The molecule has 1 aromatic heterocycles. The number of aryl methyl sites for hydroxylation is 1. The highest BCUT2D eigenvalue weighted by molar-refractivity contribution is 5.88. The van der Waals surface area contributed by atoms with Gasteiger partial charge in [-0.25, -0.2) is 9.48 Å². The van der Waals surface area contributed by atoms with E-state index in [1.165, 1.54) is 5.56 Å². The van der Waals surface area contributed by atoms with Crippen molar-refractivity contribution in [1.29, 1.82) is 0 Å². The average Bonchev–Trinajstić information content (AvgIpc) is 3.14. The molecule has 0 bridgehead atoms. The fraction of sp³-hybridized carbons (Fsp3) is 0.318. The average molecular weight is 395 g/mol. The number of hydrogen-bond acceptors (Lipinski definition) is 5. The summed E-state index contributed by atoms with van der Waals surface area (Å²) in [5.74, 6) is -0.976. The molecule has 3 rings (SSSR count). The van der Waals surface area contributed by atoms with Crippen LogP contribution in [0.25, 0.3) is 17.1 Å². The summed E-state index contributed by atoms with van der Waals surface area (Å²) in [6.07, 6.45) is 3.53. The molecule has 0 aliphatic heterocycles. The zero-order chi connectivity index (χ0) is 20.5. The number of aliphatic carboxylic acids is 1. The maximum absolute atomic E-state index is 10.7. The summed E-state index contributed by atoms with van der Waals surface area (Å²) in [5, 5.41) is 17.2. The van der Waals surface area contributed by atoms with Gasteiger partial charge >= 0.3 is 5.97 Å². The minimum absolute atomic E-state index is 0.539. The lowest BCUT2D eigenvalue weighted by molar-refractivity contribution is -0.131. The monoisotopic (exact) mass is 395 g/mol. The third kappa shape index (κ3) is 5.97. The summed E-state index contributed by atoms with van der Waals surface area (Å²) in [7, 11) is 0. The SMILES string of the molecule is Cc1c(/C=C/C(=O)O)ccc2c1nnn2CCOCCCOCc1ccccc1. The van der Waals surface area contributed by atoms with E-state index in [1.807, 2.05) is 49.4 Å². The molecule has 0 unspecified atom stereocenters. The van der Waals surface area contributed by atoms with E-state index in [2.05, 4.69) is 10.3 Å². The normalized spacial score (nSPS) is 11.5. The molecule has 0 spiro atoms. The minimum Gasteiger partial charge on any atom is -0.478 e. The molecule has 7 nitrogen and oxygen atoms in total. The molecule has 0 saturated heterocycles. The summed E-state index contributed by atoms with van der Waals surface area (Å²) in [6, 6.07) is 13.9. The molecule has 0 atom stereocenters. The molecule has 2 aromatic carbocycles. The molecule has 3 aromatic rings. The van der Waals surface area contributed by atoms with Gasteiger partial charge < -0.3 is 14.6 Å². The van der Waals surface area contributed by atoms with Gasteiger partial charge in [0.05, 0.1) is 25.3 Å². The van der Waals surface area contributed by atoms with Crippen molar-refractivity contribution in [3.63, 3.8) is 0 Å². The number of rotatable bonds is 11. The standard InChI is InChI=1S/C22H25N3O4/c1-17-19(9-11-21(26)27)8-10-20-22(17)23-24-25(20)12-15-28-13-5-14-29-16-18-6-3-2-4-7-18/h2-4,6-11H,5,12-16H2,1H3,(H,26,27)/b11-9+. The molecule has 0 aliphatic rings. The summed E-state index contributed by atoms with van der Waals surface area (Å²) < 4.78 is 13.1. The highest BCUT2D eigenvalue weighted by atomic mass is 16.5. The molecular formula is C22H25N3O4. The van der Waals surface area contributed by atoms with E-state index in [1.54, 1.807) is 10.8 Å². The summed E-state index contributed by atoms with van der Waals surface area (Å²) in [6.45, 7) is 4.96. The van der Waals surface area contributed by atoms with Crippen molar-refractivity contribution in [2.45, 2.75) is 26.5 Å². The quantitative estimate of drug-likeness (QED) is 0.395. The number of carbonyl (C=O) groups is 1. The number of carboxylic acid groups (broad SMARTS) is 1. The van der Waals surface area contributed by atoms with E-state index in [0.717, 1.165) is 34.7 Å². The van der Waals surface area contributed by atoms with E-state index < -0.39 is 5.97 Å². The van der Waals surface area contributed by atoms with Gasteiger partial charge in [-0.3, -0.25) is 0 Å². The van der Waals surface area contributed by atoms with Crippen LogP contribution in [0.3, 0.4) is 0 Å². The van der Waals surface area contributed by atoms with Crippen molar-refractivity contribution >= 4 is 23.1 Å². The van der Waals surface area contributed by atoms with Gasteiger partial charge in [0, 0.05) is 19.3 Å². The van der Waals surface area contributed by atoms with Gasteiger partial charge in [0.15, 0.2) is 0 Å². The van der Waals surface area contributed by atoms with E-state index in [-0.39, 0.29) is 0 Å². The number of hydrogen-bond donors (Lipinski definition) is 1. The first-order chi connectivity index (χ1) is 14.1. The molecule has 7 heteroatoms. The third-order valence-corrected chi connectivity index (χ3v) is 4.52. The molecule has 0 amide bonds. The van der Waals surface area contributed by atoms with Crippen LogP contribution in [0, 0.1) is 6.92 Å². The molecule has 1 heterocycles. The number of ether oxygens (including phenoxy) is 2. The molecule has 0 aliphatic carbocycles. The molecule has 152 valence electrons. The third-order valence-electron chi connectivity index (χ3n) is 4.52. The summed E-state index contributed by atoms with van der Waals surface area (Å²) in [4.78, 5) is 10.7. The first kappa shape index (κ1) is 20.7. The first-order valence-corrected chi connectivity index (χ1v) is 9.58. The predicted octanol–water partition coefficient (Wildman–Crippen LogP) is 3.46. The van der Waals surface area contributed by atoms with Gasteiger partial charge in [0.25, 0.3) is 0 Å².